The molecular weight excluding hydrogens is 326 g/mol. The first-order valence-electron chi connectivity index (χ1n) is 8.98. The van der Waals surface area contributed by atoms with Crippen LogP contribution in [0.4, 0.5) is 11.4 Å². The van der Waals surface area contributed by atoms with Crippen LogP contribution in [0.2, 0.25) is 0 Å². The lowest BCUT2D eigenvalue weighted by atomic mass is 10.0. The molecule has 0 aliphatic heterocycles. The van der Waals surface area contributed by atoms with Gasteiger partial charge in [-0.3, -0.25) is 9.69 Å². The second kappa shape index (κ2) is 8.72. The monoisotopic (exact) mass is 355 g/mol. The number of anilines is 2. The second-order valence-corrected chi connectivity index (χ2v) is 6.97. The SMILES string of the molecule is CC(C)N(CCOc1cccc(C(=O)c2ccc(N)c(N)c2)c1)C(C)C. The Morgan fingerprint density at radius 2 is 1.62 bits per heavy atom. The summed E-state index contributed by atoms with van der Waals surface area (Å²) in [6.07, 6.45) is 0. The van der Waals surface area contributed by atoms with E-state index in [9.17, 15) is 4.79 Å². The minimum absolute atomic E-state index is 0.104. The topological polar surface area (TPSA) is 81.6 Å². The molecule has 0 spiro atoms. The Labute approximate surface area is 155 Å². The van der Waals surface area contributed by atoms with Gasteiger partial charge in [0.1, 0.15) is 12.4 Å². The third-order valence-corrected chi connectivity index (χ3v) is 4.39. The first-order valence-corrected chi connectivity index (χ1v) is 8.98. The lowest BCUT2D eigenvalue weighted by molar-refractivity contribution is 0.103. The molecule has 0 saturated carbocycles. The van der Waals surface area contributed by atoms with Crippen LogP contribution in [-0.4, -0.2) is 35.9 Å². The standard InChI is InChI=1S/C21H29N3O2/c1-14(2)24(15(3)4)10-11-26-18-7-5-6-16(12-18)21(25)17-8-9-19(22)20(23)13-17/h5-9,12-15H,10-11,22-23H2,1-4H3. The summed E-state index contributed by atoms with van der Waals surface area (Å²) in [5.74, 6) is 0.583. The summed E-state index contributed by atoms with van der Waals surface area (Å²) in [6, 6.07) is 13.1. The number of hydrogen-bond acceptors (Lipinski definition) is 5. The Morgan fingerprint density at radius 1 is 0.962 bits per heavy atom. The number of nitrogen functional groups attached to an aromatic ring is 2. The summed E-state index contributed by atoms with van der Waals surface area (Å²) in [6.45, 7) is 10.1. The van der Waals surface area contributed by atoms with Gasteiger partial charge in [0.25, 0.3) is 0 Å². The predicted molar refractivity (Wildman–Crippen MR) is 108 cm³/mol. The maximum absolute atomic E-state index is 12.7. The largest absolute Gasteiger partial charge is 0.492 e. The number of ether oxygens (including phenoxy) is 1. The van der Waals surface area contributed by atoms with E-state index in [2.05, 4.69) is 32.6 Å². The fourth-order valence-electron chi connectivity index (χ4n) is 2.99. The zero-order chi connectivity index (χ0) is 19.3. The quantitative estimate of drug-likeness (QED) is 0.559. The molecule has 0 bridgehead atoms. The highest BCUT2D eigenvalue weighted by atomic mass is 16.5. The highest BCUT2D eigenvalue weighted by Gasteiger charge is 2.14. The van der Waals surface area contributed by atoms with Crippen LogP contribution in [0.1, 0.15) is 43.6 Å². The summed E-state index contributed by atoms with van der Waals surface area (Å²) >= 11 is 0. The molecule has 140 valence electrons. The van der Waals surface area contributed by atoms with Crippen LogP contribution in [-0.2, 0) is 0 Å². The number of nitrogens with two attached hydrogens (primary N) is 2. The predicted octanol–water partition coefficient (Wildman–Crippen LogP) is 3.58. The molecule has 0 atom stereocenters. The molecule has 2 rings (SSSR count). The third kappa shape index (κ3) is 4.99. The third-order valence-electron chi connectivity index (χ3n) is 4.39. The van der Waals surface area contributed by atoms with Crippen molar-refractivity contribution in [3.8, 4) is 5.75 Å². The van der Waals surface area contributed by atoms with Crippen molar-refractivity contribution in [1.82, 2.24) is 4.90 Å². The lowest BCUT2D eigenvalue weighted by Gasteiger charge is -2.30. The van der Waals surface area contributed by atoms with Gasteiger partial charge in [-0.05, 0) is 58.0 Å². The first kappa shape index (κ1) is 19.8. The molecule has 0 aliphatic rings. The molecule has 0 heterocycles. The Hall–Kier alpha value is -2.53. The van der Waals surface area contributed by atoms with Crippen molar-refractivity contribution in [3.05, 3.63) is 53.6 Å². The van der Waals surface area contributed by atoms with Crippen LogP contribution in [0, 0.1) is 0 Å². The van der Waals surface area contributed by atoms with Crippen molar-refractivity contribution in [3.63, 3.8) is 0 Å². The first-order chi connectivity index (χ1) is 12.3. The molecule has 0 aliphatic carbocycles. The van der Waals surface area contributed by atoms with Crippen LogP contribution in [0.25, 0.3) is 0 Å². The zero-order valence-electron chi connectivity index (χ0n) is 16.0. The van der Waals surface area contributed by atoms with Gasteiger partial charge in [-0.1, -0.05) is 12.1 Å². The van der Waals surface area contributed by atoms with Crippen LogP contribution >= 0.6 is 0 Å². The maximum atomic E-state index is 12.7. The van der Waals surface area contributed by atoms with E-state index in [-0.39, 0.29) is 5.78 Å². The summed E-state index contributed by atoms with van der Waals surface area (Å²) < 4.78 is 5.87. The van der Waals surface area contributed by atoms with Crippen molar-refractivity contribution in [1.29, 1.82) is 0 Å². The highest BCUT2D eigenvalue weighted by Crippen LogP contribution is 2.21. The van der Waals surface area contributed by atoms with Crippen LogP contribution < -0.4 is 16.2 Å². The molecule has 2 aromatic rings. The van der Waals surface area contributed by atoms with E-state index in [1.165, 1.54) is 0 Å². The Balaban J connectivity index is 2.05. The van der Waals surface area contributed by atoms with Gasteiger partial charge in [-0.25, -0.2) is 0 Å². The van der Waals surface area contributed by atoms with Crippen LogP contribution in [0.3, 0.4) is 0 Å². The van der Waals surface area contributed by atoms with Crippen molar-refractivity contribution < 1.29 is 9.53 Å². The number of hydrogen-bond donors (Lipinski definition) is 2. The molecular formula is C21H29N3O2. The van der Waals surface area contributed by atoms with E-state index < -0.39 is 0 Å². The number of ketones is 1. The minimum atomic E-state index is -0.104. The van der Waals surface area contributed by atoms with E-state index in [0.29, 0.717) is 46.9 Å². The van der Waals surface area contributed by atoms with Crippen LogP contribution in [0.5, 0.6) is 5.75 Å². The van der Waals surface area contributed by atoms with Gasteiger partial charge in [0.2, 0.25) is 0 Å². The number of carbonyl (C=O) groups excluding carboxylic acids is 1. The minimum Gasteiger partial charge on any atom is -0.492 e. The molecule has 0 unspecified atom stereocenters. The van der Waals surface area contributed by atoms with Gasteiger partial charge in [-0.2, -0.15) is 0 Å². The lowest BCUT2D eigenvalue weighted by Crippen LogP contribution is -2.39. The van der Waals surface area contributed by atoms with Crippen molar-refractivity contribution in [2.24, 2.45) is 0 Å². The van der Waals surface area contributed by atoms with E-state index in [1.54, 1.807) is 30.3 Å². The molecule has 0 aromatic heterocycles. The fraction of sp³-hybridized carbons (Fsp3) is 0.381. The molecule has 0 radical (unpaired) electrons. The van der Waals surface area contributed by atoms with Crippen LogP contribution in [0.15, 0.2) is 42.5 Å². The molecule has 2 aromatic carbocycles. The Kier molecular flexibility index (Phi) is 6.64. The summed E-state index contributed by atoms with van der Waals surface area (Å²) in [4.78, 5) is 15.0. The summed E-state index contributed by atoms with van der Waals surface area (Å²) in [7, 11) is 0. The number of nitrogens with zero attached hydrogens (tertiary/aromatic N) is 1. The second-order valence-electron chi connectivity index (χ2n) is 6.97. The van der Waals surface area contributed by atoms with E-state index >= 15 is 0 Å². The normalized spacial score (nSPS) is 11.3. The van der Waals surface area contributed by atoms with E-state index in [0.717, 1.165) is 6.54 Å². The molecule has 0 fully saturated rings. The average Bonchev–Trinajstić information content (AvgIpc) is 2.60. The molecule has 0 saturated heterocycles. The number of benzene rings is 2. The molecule has 0 amide bonds. The van der Waals surface area contributed by atoms with Gasteiger partial charge < -0.3 is 16.2 Å². The smallest absolute Gasteiger partial charge is 0.193 e. The van der Waals surface area contributed by atoms with Gasteiger partial charge in [0.15, 0.2) is 5.78 Å². The maximum Gasteiger partial charge on any atom is 0.193 e. The van der Waals surface area contributed by atoms with Crippen molar-refractivity contribution >= 4 is 17.2 Å². The van der Waals surface area contributed by atoms with E-state index in [4.69, 9.17) is 16.2 Å². The highest BCUT2D eigenvalue weighted by molar-refractivity contribution is 6.10. The molecule has 26 heavy (non-hydrogen) atoms. The molecule has 4 N–H and O–H groups in total. The Bertz CT molecular complexity index is 749. The number of rotatable bonds is 8. The van der Waals surface area contributed by atoms with E-state index in [1.807, 2.05) is 12.1 Å². The number of carbonyl (C=O) groups is 1. The summed E-state index contributed by atoms with van der Waals surface area (Å²) in [5.41, 5.74) is 13.5. The molecule has 5 heteroatoms. The summed E-state index contributed by atoms with van der Waals surface area (Å²) in [5, 5.41) is 0. The molecule has 5 nitrogen and oxygen atoms in total. The van der Waals surface area contributed by atoms with Gasteiger partial charge in [0.05, 0.1) is 11.4 Å². The average molecular weight is 355 g/mol. The Morgan fingerprint density at radius 3 is 2.23 bits per heavy atom. The van der Waals surface area contributed by atoms with Crippen molar-refractivity contribution in [2.45, 2.75) is 39.8 Å². The van der Waals surface area contributed by atoms with Gasteiger partial charge in [0, 0.05) is 29.8 Å². The fourth-order valence-corrected chi connectivity index (χ4v) is 2.99. The van der Waals surface area contributed by atoms with Gasteiger partial charge in [-0.15, -0.1) is 0 Å². The zero-order valence-corrected chi connectivity index (χ0v) is 16.0. The van der Waals surface area contributed by atoms with Gasteiger partial charge >= 0.3 is 0 Å². The van der Waals surface area contributed by atoms with Crippen molar-refractivity contribution in [2.75, 3.05) is 24.6 Å².